The summed E-state index contributed by atoms with van der Waals surface area (Å²) in [4.78, 5) is 13.3. The fourth-order valence-electron chi connectivity index (χ4n) is 2.46. The van der Waals surface area contributed by atoms with Gasteiger partial charge in [-0.3, -0.25) is 4.79 Å². The van der Waals surface area contributed by atoms with Crippen molar-refractivity contribution >= 4 is 29.3 Å². The SMILES string of the molecule is CSc1ccc(Cl)c(C(=O)NCC2(C)CCCNC2)c1. The fraction of sp³-hybridized carbons (Fsp3) is 0.533. The zero-order valence-corrected chi connectivity index (χ0v) is 13.5. The van der Waals surface area contributed by atoms with Crippen molar-refractivity contribution in [2.75, 3.05) is 25.9 Å². The Balaban J connectivity index is 2.01. The van der Waals surface area contributed by atoms with Crippen LogP contribution < -0.4 is 10.6 Å². The van der Waals surface area contributed by atoms with Crippen molar-refractivity contribution in [2.24, 2.45) is 5.41 Å². The first-order valence-corrected chi connectivity index (χ1v) is 8.47. The Bertz CT molecular complexity index is 487. The van der Waals surface area contributed by atoms with Crippen LogP contribution in [0.15, 0.2) is 23.1 Å². The average Bonchev–Trinajstić information content (AvgIpc) is 2.46. The molecule has 1 unspecified atom stereocenters. The van der Waals surface area contributed by atoms with Crippen molar-refractivity contribution in [3.05, 3.63) is 28.8 Å². The Morgan fingerprint density at radius 3 is 3.00 bits per heavy atom. The van der Waals surface area contributed by atoms with Gasteiger partial charge in [0.1, 0.15) is 0 Å². The molecule has 1 aliphatic heterocycles. The second-order valence-corrected chi connectivity index (χ2v) is 6.91. The molecule has 3 nitrogen and oxygen atoms in total. The van der Waals surface area contributed by atoms with E-state index in [0.717, 1.165) is 30.8 Å². The molecule has 1 atom stereocenters. The van der Waals surface area contributed by atoms with E-state index in [4.69, 9.17) is 11.6 Å². The monoisotopic (exact) mass is 312 g/mol. The maximum absolute atomic E-state index is 12.3. The van der Waals surface area contributed by atoms with Gasteiger partial charge in [-0.2, -0.15) is 0 Å². The molecule has 1 aromatic rings. The Morgan fingerprint density at radius 1 is 1.55 bits per heavy atom. The molecule has 20 heavy (non-hydrogen) atoms. The zero-order valence-electron chi connectivity index (χ0n) is 12.0. The Labute approximate surface area is 129 Å². The summed E-state index contributed by atoms with van der Waals surface area (Å²) < 4.78 is 0. The molecular formula is C15H21ClN2OS. The molecule has 0 aliphatic carbocycles. The van der Waals surface area contributed by atoms with Crippen LogP contribution in [-0.4, -0.2) is 31.8 Å². The minimum absolute atomic E-state index is 0.0855. The van der Waals surface area contributed by atoms with E-state index in [-0.39, 0.29) is 11.3 Å². The van der Waals surface area contributed by atoms with Gasteiger partial charge in [-0.1, -0.05) is 18.5 Å². The maximum atomic E-state index is 12.3. The molecule has 0 spiro atoms. The number of rotatable bonds is 4. The first kappa shape index (κ1) is 15.7. The second-order valence-electron chi connectivity index (χ2n) is 5.62. The molecule has 2 rings (SSSR count). The third-order valence-corrected chi connectivity index (χ3v) is 4.83. The van der Waals surface area contributed by atoms with Crippen LogP contribution in [0.5, 0.6) is 0 Å². The van der Waals surface area contributed by atoms with Crippen molar-refractivity contribution in [1.29, 1.82) is 0 Å². The summed E-state index contributed by atoms with van der Waals surface area (Å²) in [6, 6.07) is 5.56. The van der Waals surface area contributed by atoms with Gasteiger partial charge in [0.2, 0.25) is 0 Å². The van der Waals surface area contributed by atoms with Crippen molar-refractivity contribution in [2.45, 2.75) is 24.7 Å². The fourth-order valence-corrected chi connectivity index (χ4v) is 3.11. The van der Waals surface area contributed by atoms with E-state index < -0.39 is 0 Å². The van der Waals surface area contributed by atoms with Crippen molar-refractivity contribution in [1.82, 2.24) is 10.6 Å². The molecule has 1 fully saturated rings. The van der Waals surface area contributed by atoms with Gasteiger partial charge in [-0.15, -0.1) is 11.8 Å². The number of piperidine rings is 1. The lowest BCUT2D eigenvalue weighted by atomic mass is 9.83. The van der Waals surface area contributed by atoms with E-state index in [1.54, 1.807) is 17.8 Å². The number of hydrogen-bond acceptors (Lipinski definition) is 3. The van der Waals surface area contributed by atoms with Crippen molar-refractivity contribution < 1.29 is 4.79 Å². The number of halogens is 1. The van der Waals surface area contributed by atoms with E-state index in [9.17, 15) is 4.79 Å². The van der Waals surface area contributed by atoms with Gasteiger partial charge >= 0.3 is 0 Å². The average molecular weight is 313 g/mol. The predicted molar refractivity (Wildman–Crippen MR) is 85.8 cm³/mol. The van der Waals surface area contributed by atoms with E-state index in [0.29, 0.717) is 17.1 Å². The molecule has 0 aromatic heterocycles. The topological polar surface area (TPSA) is 41.1 Å². The number of benzene rings is 1. The highest BCUT2D eigenvalue weighted by molar-refractivity contribution is 7.98. The molecular weight excluding hydrogens is 292 g/mol. The van der Waals surface area contributed by atoms with Crippen LogP contribution in [0.4, 0.5) is 0 Å². The quantitative estimate of drug-likeness (QED) is 0.839. The number of hydrogen-bond donors (Lipinski definition) is 2. The lowest BCUT2D eigenvalue weighted by Gasteiger charge is -2.34. The van der Waals surface area contributed by atoms with E-state index in [1.165, 1.54) is 0 Å². The summed E-state index contributed by atoms with van der Waals surface area (Å²) in [5.41, 5.74) is 0.697. The summed E-state index contributed by atoms with van der Waals surface area (Å²) >= 11 is 7.73. The van der Waals surface area contributed by atoms with Crippen LogP contribution in [-0.2, 0) is 0 Å². The third-order valence-electron chi connectivity index (χ3n) is 3.78. The highest BCUT2D eigenvalue weighted by atomic mass is 35.5. The number of amides is 1. The molecule has 1 aromatic carbocycles. The first-order valence-electron chi connectivity index (χ1n) is 6.86. The summed E-state index contributed by atoms with van der Waals surface area (Å²) in [6.45, 7) is 4.91. The van der Waals surface area contributed by atoms with Crippen LogP contribution in [0, 0.1) is 5.41 Å². The summed E-state index contributed by atoms with van der Waals surface area (Å²) in [6.07, 6.45) is 4.29. The van der Waals surface area contributed by atoms with Gasteiger partial charge in [0.25, 0.3) is 5.91 Å². The zero-order chi connectivity index (χ0) is 14.6. The Kier molecular flexibility index (Phi) is 5.35. The standard InChI is InChI=1S/C15H21ClN2OS/c1-15(6-3-7-17-9-15)10-18-14(19)12-8-11(20-2)4-5-13(12)16/h4-5,8,17H,3,6-7,9-10H2,1-2H3,(H,18,19). The van der Waals surface area contributed by atoms with Crippen molar-refractivity contribution in [3.63, 3.8) is 0 Å². The van der Waals surface area contributed by atoms with E-state index >= 15 is 0 Å². The lowest BCUT2D eigenvalue weighted by Crippen LogP contribution is -2.45. The van der Waals surface area contributed by atoms with Gasteiger partial charge in [0.15, 0.2) is 0 Å². The molecule has 2 N–H and O–H groups in total. The number of carbonyl (C=O) groups excluding carboxylic acids is 1. The van der Waals surface area contributed by atoms with Gasteiger partial charge in [-0.05, 0) is 49.3 Å². The first-order chi connectivity index (χ1) is 9.54. The molecule has 1 aliphatic rings. The summed E-state index contributed by atoms with van der Waals surface area (Å²) in [5, 5.41) is 6.92. The highest BCUT2D eigenvalue weighted by Crippen LogP contribution is 2.26. The lowest BCUT2D eigenvalue weighted by molar-refractivity contribution is 0.0924. The number of carbonyl (C=O) groups is 1. The van der Waals surface area contributed by atoms with Crippen LogP contribution in [0.2, 0.25) is 5.02 Å². The predicted octanol–water partition coefficient (Wildman–Crippen LogP) is 3.18. The second kappa shape index (κ2) is 6.83. The molecule has 110 valence electrons. The van der Waals surface area contributed by atoms with Gasteiger partial charge in [0.05, 0.1) is 10.6 Å². The van der Waals surface area contributed by atoms with Gasteiger partial charge < -0.3 is 10.6 Å². The summed E-state index contributed by atoms with van der Waals surface area (Å²) in [5.74, 6) is -0.0855. The van der Waals surface area contributed by atoms with Gasteiger partial charge in [0, 0.05) is 18.0 Å². The smallest absolute Gasteiger partial charge is 0.252 e. The molecule has 0 saturated carbocycles. The molecule has 0 bridgehead atoms. The van der Waals surface area contributed by atoms with E-state index in [1.807, 2.05) is 18.4 Å². The van der Waals surface area contributed by atoms with Gasteiger partial charge in [-0.25, -0.2) is 0 Å². The van der Waals surface area contributed by atoms with Crippen molar-refractivity contribution in [3.8, 4) is 0 Å². The number of nitrogens with one attached hydrogen (secondary N) is 2. The van der Waals surface area contributed by atoms with Crippen LogP contribution in [0.3, 0.4) is 0 Å². The molecule has 0 radical (unpaired) electrons. The maximum Gasteiger partial charge on any atom is 0.252 e. The molecule has 5 heteroatoms. The Hall–Kier alpha value is -0.710. The molecule has 1 saturated heterocycles. The summed E-state index contributed by atoms with van der Waals surface area (Å²) in [7, 11) is 0. The minimum atomic E-state index is -0.0855. The normalized spacial score (nSPS) is 22.6. The minimum Gasteiger partial charge on any atom is -0.351 e. The van der Waals surface area contributed by atoms with E-state index in [2.05, 4.69) is 17.6 Å². The van der Waals surface area contributed by atoms with Crippen LogP contribution in [0.25, 0.3) is 0 Å². The third kappa shape index (κ3) is 3.90. The van der Waals surface area contributed by atoms with Crippen LogP contribution >= 0.6 is 23.4 Å². The van der Waals surface area contributed by atoms with Crippen LogP contribution in [0.1, 0.15) is 30.1 Å². The molecule has 1 amide bonds. The Morgan fingerprint density at radius 2 is 2.35 bits per heavy atom. The molecule has 1 heterocycles. The highest BCUT2D eigenvalue weighted by Gasteiger charge is 2.27. The largest absolute Gasteiger partial charge is 0.351 e. The number of thioether (sulfide) groups is 1.